The van der Waals surface area contributed by atoms with Crippen LogP contribution in [0.4, 0.5) is 13.2 Å². The van der Waals surface area contributed by atoms with Crippen LogP contribution in [0.1, 0.15) is 16.8 Å². The largest absolute Gasteiger partial charge is 0.487 e. The Hall–Kier alpha value is -3.22. The lowest BCUT2D eigenvalue weighted by Gasteiger charge is -2.07. The van der Waals surface area contributed by atoms with E-state index in [-0.39, 0.29) is 6.61 Å². The molecule has 2 aromatic heterocycles. The molecule has 0 aliphatic rings. The molecule has 0 spiro atoms. The van der Waals surface area contributed by atoms with Crippen molar-refractivity contribution in [1.82, 2.24) is 10.1 Å². The second kappa shape index (κ2) is 6.50. The molecule has 4 nitrogen and oxygen atoms in total. The summed E-state index contributed by atoms with van der Waals surface area (Å²) in [7, 11) is 0. The van der Waals surface area contributed by atoms with Gasteiger partial charge in [0.1, 0.15) is 18.1 Å². The van der Waals surface area contributed by atoms with Gasteiger partial charge in [-0.3, -0.25) is 0 Å². The van der Waals surface area contributed by atoms with Gasteiger partial charge in [0, 0.05) is 28.2 Å². The third-order valence-electron chi connectivity index (χ3n) is 4.40. The Morgan fingerprint density at radius 3 is 2.59 bits per heavy atom. The van der Waals surface area contributed by atoms with Crippen LogP contribution in [-0.4, -0.2) is 10.1 Å². The molecule has 27 heavy (non-hydrogen) atoms. The maximum absolute atomic E-state index is 12.7. The highest BCUT2D eigenvalue weighted by Gasteiger charge is 2.30. The third-order valence-corrected chi connectivity index (χ3v) is 4.40. The Balaban J connectivity index is 1.51. The molecule has 2 aromatic carbocycles. The summed E-state index contributed by atoms with van der Waals surface area (Å²) >= 11 is 0. The van der Waals surface area contributed by atoms with Gasteiger partial charge < -0.3 is 14.2 Å². The summed E-state index contributed by atoms with van der Waals surface area (Å²) in [5, 5.41) is 5.04. The Morgan fingerprint density at radius 1 is 1.07 bits per heavy atom. The number of nitrogens with one attached hydrogen (secondary N) is 1. The summed E-state index contributed by atoms with van der Waals surface area (Å²) < 4.78 is 49.2. The van der Waals surface area contributed by atoms with Crippen LogP contribution in [0.25, 0.3) is 22.2 Å². The summed E-state index contributed by atoms with van der Waals surface area (Å²) in [6.07, 6.45) is -2.51. The van der Waals surface area contributed by atoms with Crippen LogP contribution < -0.4 is 4.74 Å². The number of alkyl halides is 3. The van der Waals surface area contributed by atoms with Gasteiger partial charge in [-0.05, 0) is 43.3 Å². The minimum absolute atomic E-state index is 0.200. The quantitative estimate of drug-likeness (QED) is 0.498. The number of hydrogen-bond donors (Lipinski definition) is 1. The average Bonchev–Trinajstić information content (AvgIpc) is 3.25. The normalized spacial score (nSPS) is 11.9. The van der Waals surface area contributed by atoms with Crippen molar-refractivity contribution in [2.75, 3.05) is 0 Å². The van der Waals surface area contributed by atoms with Gasteiger partial charge in [0.2, 0.25) is 0 Å². The number of nitrogens with zero attached hydrogens (tertiary/aromatic N) is 1. The second-order valence-corrected chi connectivity index (χ2v) is 6.17. The van der Waals surface area contributed by atoms with Crippen molar-refractivity contribution in [3.8, 4) is 17.1 Å². The smallest absolute Gasteiger partial charge is 0.416 e. The van der Waals surface area contributed by atoms with Gasteiger partial charge in [0.05, 0.1) is 5.56 Å². The topological polar surface area (TPSA) is 51.0 Å². The van der Waals surface area contributed by atoms with Crippen LogP contribution in [0.2, 0.25) is 0 Å². The molecule has 0 saturated carbocycles. The summed E-state index contributed by atoms with van der Waals surface area (Å²) in [6, 6.07) is 12.4. The van der Waals surface area contributed by atoms with E-state index in [1.165, 1.54) is 12.1 Å². The van der Waals surface area contributed by atoms with Gasteiger partial charge in [-0.1, -0.05) is 17.3 Å². The van der Waals surface area contributed by atoms with Gasteiger partial charge in [-0.25, -0.2) is 0 Å². The van der Waals surface area contributed by atoms with Crippen molar-refractivity contribution in [2.24, 2.45) is 0 Å². The van der Waals surface area contributed by atoms with E-state index < -0.39 is 11.7 Å². The van der Waals surface area contributed by atoms with Gasteiger partial charge in [0.15, 0.2) is 5.76 Å². The molecule has 0 aliphatic heterocycles. The fourth-order valence-electron chi connectivity index (χ4n) is 2.86. The summed E-state index contributed by atoms with van der Waals surface area (Å²) in [6.45, 7) is 2.00. The molecule has 0 unspecified atom stereocenters. The van der Waals surface area contributed by atoms with E-state index in [2.05, 4.69) is 10.1 Å². The number of hydrogen-bond acceptors (Lipinski definition) is 3. The van der Waals surface area contributed by atoms with Crippen LogP contribution in [0, 0.1) is 6.92 Å². The highest BCUT2D eigenvalue weighted by molar-refractivity contribution is 5.80. The molecule has 0 saturated heterocycles. The van der Waals surface area contributed by atoms with Gasteiger partial charge in [-0.15, -0.1) is 0 Å². The molecule has 4 rings (SSSR count). The molecular formula is C20H15F3N2O2. The van der Waals surface area contributed by atoms with Gasteiger partial charge in [-0.2, -0.15) is 13.2 Å². The Kier molecular flexibility index (Phi) is 4.14. The number of ether oxygens (including phenoxy) is 1. The number of H-pyrrole nitrogens is 1. The van der Waals surface area contributed by atoms with Crippen molar-refractivity contribution >= 4 is 10.9 Å². The lowest BCUT2D eigenvalue weighted by atomic mass is 10.1. The maximum atomic E-state index is 12.7. The number of rotatable bonds is 4. The maximum Gasteiger partial charge on any atom is 0.416 e. The zero-order valence-corrected chi connectivity index (χ0v) is 14.3. The lowest BCUT2D eigenvalue weighted by Crippen LogP contribution is -2.04. The molecule has 2 heterocycles. The fraction of sp³-hybridized carbons (Fsp3) is 0.150. The van der Waals surface area contributed by atoms with Crippen LogP contribution in [-0.2, 0) is 12.8 Å². The summed E-state index contributed by atoms with van der Waals surface area (Å²) in [5.41, 5.74) is 2.18. The minimum atomic E-state index is -4.37. The van der Waals surface area contributed by atoms with Crippen LogP contribution in [0.5, 0.6) is 5.75 Å². The highest BCUT2D eigenvalue weighted by Crippen LogP contribution is 2.32. The van der Waals surface area contributed by atoms with Crippen molar-refractivity contribution in [1.29, 1.82) is 0 Å². The molecule has 7 heteroatoms. The van der Waals surface area contributed by atoms with E-state index >= 15 is 0 Å². The second-order valence-electron chi connectivity index (χ2n) is 6.17. The van der Waals surface area contributed by atoms with Crippen LogP contribution in [0.3, 0.4) is 0 Å². The predicted octanol–water partition coefficient (Wildman–Crippen LogP) is 5.73. The molecule has 1 N–H and O–H groups in total. The predicted molar refractivity (Wildman–Crippen MR) is 94.3 cm³/mol. The van der Waals surface area contributed by atoms with Crippen LogP contribution >= 0.6 is 0 Å². The van der Waals surface area contributed by atoms with Crippen molar-refractivity contribution in [3.05, 3.63) is 71.5 Å². The van der Waals surface area contributed by atoms with E-state index in [9.17, 15) is 13.2 Å². The molecular weight excluding hydrogens is 357 g/mol. The molecule has 0 amide bonds. The first-order valence-corrected chi connectivity index (χ1v) is 8.24. The third kappa shape index (κ3) is 3.40. The van der Waals surface area contributed by atoms with E-state index in [1.807, 2.05) is 30.5 Å². The standard InChI is InChI=1S/C20H15F3N2O2/c1-12-18(11-26-16-6-7-17-14(10-16)8-9-24-17)25-27-19(12)13-2-4-15(5-3-13)20(21,22)23/h2-10,24H,11H2,1H3. The molecule has 0 atom stereocenters. The molecule has 0 bridgehead atoms. The highest BCUT2D eigenvalue weighted by atomic mass is 19.4. The van der Waals surface area contributed by atoms with Crippen molar-refractivity contribution < 1.29 is 22.4 Å². The first-order chi connectivity index (χ1) is 12.9. The van der Waals surface area contributed by atoms with E-state index in [0.717, 1.165) is 28.6 Å². The Bertz CT molecular complexity index is 1080. The lowest BCUT2D eigenvalue weighted by molar-refractivity contribution is -0.137. The molecule has 0 aliphatic carbocycles. The molecule has 0 radical (unpaired) electrons. The summed E-state index contributed by atoms with van der Waals surface area (Å²) in [5.74, 6) is 1.13. The average molecular weight is 372 g/mol. The summed E-state index contributed by atoms with van der Waals surface area (Å²) in [4.78, 5) is 3.11. The first-order valence-electron chi connectivity index (χ1n) is 8.24. The monoisotopic (exact) mass is 372 g/mol. The molecule has 0 fully saturated rings. The first kappa shape index (κ1) is 17.2. The van der Waals surface area contributed by atoms with Crippen LogP contribution in [0.15, 0.2) is 59.3 Å². The fourth-order valence-corrected chi connectivity index (χ4v) is 2.86. The number of halogens is 3. The number of benzene rings is 2. The van der Waals surface area contributed by atoms with Gasteiger partial charge in [0.25, 0.3) is 0 Å². The SMILES string of the molecule is Cc1c(COc2ccc3[nH]ccc3c2)noc1-c1ccc(C(F)(F)F)cc1. The van der Waals surface area contributed by atoms with Crippen molar-refractivity contribution in [2.45, 2.75) is 19.7 Å². The Labute approximate surface area is 152 Å². The molecule has 138 valence electrons. The van der Waals surface area contributed by atoms with E-state index in [0.29, 0.717) is 22.8 Å². The number of fused-ring (bicyclic) bond motifs is 1. The van der Waals surface area contributed by atoms with Crippen molar-refractivity contribution in [3.63, 3.8) is 0 Å². The number of aromatic nitrogens is 2. The zero-order valence-electron chi connectivity index (χ0n) is 14.3. The molecule has 4 aromatic rings. The Morgan fingerprint density at radius 2 is 1.85 bits per heavy atom. The van der Waals surface area contributed by atoms with E-state index in [4.69, 9.17) is 9.26 Å². The van der Waals surface area contributed by atoms with Gasteiger partial charge >= 0.3 is 6.18 Å². The minimum Gasteiger partial charge on any atom is -0.487 e. The zero-order chi connectivity index (χ0) is 19.0. The number of aromatic amines is 1. The van der Waals surface area contributed by atoms with E-state index in [1.54, 1.807) is 6.92 Å².